The van der Waals surface area contributed by atoms with Gasteiger partial charge in [0.05, 0.1) is 17.1 Å². The number of thiazole rings is 1. The number of nitrogens with zero attached hydrogens (tertiary/aromatic N) is 1. The number of benzene rings is 1. The average molecular weight is 360 g/mol. The van der Waals surface area contributed by atoms with Crippen LogP contribution in [0.1, 0.15) is 44.0 Å². The Kier molecular flexibility index (Phi) is 5.62. The molecule has 0 spiro atoms. The summed E-state index contributed by atoms with van der Waals surface area (Å²) < 4.78 is 0. The Balaban J connectivity index is 2.02. The summed E-state index contributed by atoms with van der Waals surface area (Å²) in [5.41, 5.74) is 0.153. The van der Waals surface area contributed by atoms with Gasteiger partial charge in [0, 0.05) is 17.3 Å². The van der Waals surface area contributed by atoms with E-state index in [1.54, 1.807) is 31.2 Å². The van der Waals surface area contributed by atoms with Crippen LogP contribution in [-0.2, 0) is 26.8 Å². The normalized spacial score (nSPS) is 13.9. The molecule has 5 nitrogen and oxygen atoms in total. The third-order valence-corrected chi connectivity index (χ3v) is 5.37. The van der Waals surface area contributed by atoms with Crippen molar-refractivity contribution in [3.8, 4) is 0 Å². The van der Waals surface area contributed by atoms with Crippen LogP contribution >= 0.6 is 11.3 Å². The number of carbonyl (C=O) groups excluding carboxylic acids is 1. The predicted octanol–water partition coefficient (Wildman–Crippen LogP) is 3.14. The zero-order valence-electron chi connectivity index (χ0n) is 15.0. The molecule has 25 heavy (non-hydrogen) atoms. The first-order valence-corrected chi connectivity index (χ1v) is 9.01. The van der Waals surface area contributed by atoms with Crippen molar-refractivity contribution < 1.29 is 14.7 Å². The topological polar surface area (TPSA) is 79.3 Å². The van der Waals surface area contributed by atoms with Gasteiger partial charge in [-0.1, -0.05) is 51.1 Å². The highest BCUT2D eigenvalue weighted by atomic mass is 32.1. The van der Waals surface area contributed by atoms with Crippen LogP contribution in [0.5, 0.6) is 0 Å². The van der Waals surface area contributed by atoms with Gasteiger partial charge in [0.2, 0.25) is 5.91 Å². The monoisotopic (exact) mass is 360 g/mol. The predicted molar refractivity (Wildman–Crippen MR) is 99.0 cm³/mol. The molecule has 1 aromatic heterocycles. The van der Waals surface area contributed by atoms with E-state index >= 15 is 0 Å². The third kappa shape index (κ3) is 4.66. The summed E-state index contributed by atoms with van der Waals surface area (Å²) >= 11 is 1.54. The van der Waals surface area contributed by atoms with Crippen molar-refractivity contribution in [2.75, 3.05) is 6.54 Å². The lowest BCUT2D eigenvalue weighted by Gasteiger charge is -2.25. The van der Waals surface area contributed by atoms with Gasteiger partial charge in [0.25, 0.3) is 0 Å². The smallest absolute Gasteiger partial charge is 0.315 e. The van der Waals surface area contributed by atoms with Gasteiger partial charge in [0.15, 0.2) is 0 Å². The molecule has 2 aromatic rings. The SMILES string of the molecule is CC(C)(C)c1nc(CC(=O)NCC(C)(C(=O)O)c2ccccc2)cs1. The standard InChI is InChI=1S/C19H24N2O3S/c1-18(2,3)16-21-14(11-25-16)10-15(22)20-12-19(4,17(23)24)13-8-6-5-7-9-13/h5-9,11H,10,12H2,1-4H3,(H,20,22)(H,23,24). The zero-order valence-corrected chi connectivity index (χ0v) is 15.8. The summed E-state index contributed by atoms with van der Waals surface area (Å²) in [7, 11) is 0. The first kappa shape index (κ1) is 19.1. The van der Waals surface area contributed by atoms with E-state index in [2.05, 4.69) is 31.1 Å². The lowest BCUT2D eigenvalue weighted by Crippen LogP contribution is -2.44. The first-order chi connectivity index (χ1) is 11.6. The van der Waals surface area contributed by atoms with Crippen LogP contribution in [0, 0.1) is 0 Å². The molecule has 0 saturated heterocycles. The van der Waals surface area contributed by atoms with Gasteiger partial charge >= 0.3 is 5.97 Å². The van der Waals surface area contributed by atoms with Gasteiger partial charge in [0.1, 0.15) is 5.41 Å². The second-order valence-corrected chi connectivity index (χ2v) is 8.21. The average Bonchev–Trinajstić information content (AvgIpc) is 3.02. The van der Waals surface area contributed by atoms with E-state index in [4.69, 9.17) is 0 Å². The van der Waals surface area contributed by atoms with E-state index in [-0.39, 0.29) is 24.3 Å². The summed E-state index contributed by atoms with van der Waals surface area (Å²) in [4.78, 5) is 28.5. The van der Waals surface area contributed by atoms with E-state index < -0.39 is 11.4 Å². The van der Waals surface area contributed by atoms with Crippen LogP contribution < -0.4 is 5.32 Å². The highest BCUT2D eigenvalue weighted by Gasteiger charge is 2.35. The molecule has 0 aliphatic rings. The highest BCUT2D eigenvalue weighted by molar-refractivity contribution is 7.09. The molecule has 134 valence electrons. The van der Waals surface area contributed by atoms with Gasteiger partial charge in [-0.15, -0.1) is 11.3 Å². The second-order valence-electron chi connectivity index (χ2n) is 7.35. The molecule has 0 fully saturated rings. The summed E-state index contributed by atoms with van der Waals surface area (Å²) in [6.07, 6.45) is 0.150. The summed E-state index contributed by atoms with van der Waals surface area (Å²) in [5, 5.41) is 15.2. The number of aliphatic carboxylic acids is 1. The van der Waals surface area contributed by atoms with E-state index in [9.17, 15) is 14.7 Å². The maximum Gasteiger partial charge on any atom is 0.315 e. The Hall–Kier alpha value is -2.21. The van der Waals surface area contributed by atoms with Crippen molar-refractivity contribution >= 4 is 23.2 Å². The molecule has 0 aliphatic heterocycles. The number of aromatic nitrogens is 1. The van der Waals surface area contributed by atoms with Gasteiger partial charge < -0.3 is 10.4 Å². The number of hydrogen-bond donors (Lipinski definition) is 2. The molecule has 1 amide bonds. The molecule has 1 unspecified atom stereocenters. The molecule has 6 heteroatoms. The minimum atomic E-state index is -1.17. The number of rotatable bonds is 6. The second kappa shape index (κ2) is 7.35. The number of carboxylic acid groups (broad SMARTS) is 1. The molecule has 1 heterocycles. The van der Waals surface area contributed by atoms with Crippen molar-refractivity contribution in [1.29, 1.82) is 0 Å². The Morgan fingerprint density at radius 1 is 1.16 bits per heavy atom. The van der Waals surface area contributed by atoms with E-state index in [0.717, 1.165) is 5.01 Å². The fourth-order valence-electron chi connectivity index (χ4n) is 2.34. The van der Waals surface area contributed by atoms with Crippen LogP contribution in [0.3, 0.4) is 0 Å². The third-order valence-electron chi connectivity index (χ3n) is 4.06. The van der Waals surface area contributed by atoms with Crippen LogP contribution in [-0.4, -0.2) is 28.5 Å². The number of nitrogens with one attached hydrogen (secondary N) is 1. The van der Waals surface area contributed by atoms with Gasteiger partial charge in [-0.2, -0.15) is 0 Å². The summed E-state index contributed by atoms with van der Waals surface area (Å²) in [5.74, 6) is -1.20. The van der Waals surface area contributed by atoms with Gasteiger partial charge in [-0.25, -0.2) is 4.98 Å². The number of carboxylic acids is 1. The van der Waals surface area contributed by atoms with Crippen LogP contribution in [0.4, 0.5) is 0 Å². The quantitative estimate of drug-likeness (QED) is 0.829. The Morgan fingerprint density at radius 3 is 2.32 bits per heavy atom. The number of carbonyl (C=O) groups is 2. The fourth-order valence-corrected chi connectivity index (χ4v) is 3.25. The fraction of sp³-hybridized carbons (Fsp3) is 0.421. The Bertz CT molecular complexity index is 750. The van der Waals surface area contributed by atoms with E-state index in [0.29, 0.717) is 11.3 Å². The van der Waals surface area contributed by atoms with E-state index in [1.165, 1.54) is 11.3 Å². The van der Waals surface area contributed by atoms with Gasteiger partial charge in [-0.3, -0.25) is 9.59 Å². The molecule has 0 bridgehead atoms. The Labute approximate surface area is 152 Å². The van der Waals surface area contributed by atoms with Crippen LogP contribution in [0.25, 0.3) is 0 Å². The Morgan fingerprint density at radius 2 is 1.80 bits per heavy atom. The summed E-state index contributed by atoms with van der Waals surface area (Å²) in [6.45, 7) is 7.88. The minimum Gasteiger partial charge on any atom is -0.481 e. The molecular formula is C19H24N2O3S. The van der Waals surface area contributed by atoms with Crippen molar-refractivity contribution in [2.45, 2.75) is 44.9 Å². The van der Waals surface area contributed by atoms with Gasteiger partial charge in [-0.05, 0) is 12.5 Å². The lowest BCUT2D eigenvalue weighted by molar-refractivity contribution is -0.143. The highest BCUT2D eigenvalue weighted by Crippen LogP contribution is 2.26. The maximum absolute atomic E-state index is 12.2. The minimum absolute atomic E-state index is 0.0292. The summed E-state index contributed by atoms with van der Waals surface area (Å²) in [6, 6.07) is 8.94. The lowest BCUT2D eigenvalue weighted by atomic mass is 9.82. The van der Waals surface area contributed by atoms with Crippen molar-refractivity contribution in [3.63, 3.8) is 0 Å². The molecule has 1 atom stereocenters. The molecular weight excluding hydrogens is 336 g/mol. The zero-order chi connectivity index (χ0) is 18.7. The molecule has 1 aromatic carbocycles. The van der Waals surface area contributed by atoms with Crippen molar-refractivity contribution in [2.24, 2.45) is 0 Å². The van der Waals surface area contributed by atoms with Crippen molar-refractivity contribution in [1.82, 2.24) is 10.3 Å². The number of amides is 1. The van der Waals surface area contributed by atoms with Crippen LogP contribution in [0.15, 0.2) is 35.7 Å². The first-order valence-electron chi connectivity index (χ1n) is 8.13. The molecule has 0 aliphatic carbocycles. The molecule has 2 rings (SSSR count). The molecule has 2 N–H and O–H groups in total. The molecule has 0 radical (unpaired) electrons. The van der Waals surface area contributed by atoms with E-state index in [1.807, 2.05) is 11.4 Å². The van der Waals surface area contributed by atoms with Crippen molar-refractivity contribution in [3.05, 3.63) is 52.0 Å². The number of hydrogen-bond acceptors (Lipinski definition) is 4. The maximum atomic E-state index is 12.2. The molecule has 0 saturated carbocycles. The van der Waals surface area contributed by atoms with Crippen LogP contribution in [0.2, 0.25) is 0 Å². The largest absolute Gasteiger partial charge is 0.481 e.